The van der Waals surface area contributed by atoms with E-state index in [-0.39, 0.29) is 12.5 Å². The summed E-state index contributed by atoms with van der Waals surface area (Å²) in [6.07, 6.45) is 3.02. The first kappa shape index (κ1) is 16.3. The molecule has 1 aliphatic rings. The van der Waals surface area contributed by atoms with Gasteiger partial charge in [0.15, 0.2) is 0 Å². The number of nitrogens with one attached hydrogen (secondary N) is 1. The molecule has 0 aromatic heterocycles. The second-order valence-electron chi connectivity index (χ2n) is 5.14. The van der Waals surface area contributed by atoms with Crippen LogP contribution in [0.3, 0.4) is 0 Å². The molecule has 1 saturated heterocycles. The van der Waals surface area contributed by atoms with Crippen LogP contribution in [0, 0.1) is 0 Å². The Morgan fingerprint density at radius 1 is 1.40 bits per heavy atom. The Bertz CT molecular complexity index is 386. The van der Waals surface area contributed by atoms with Crippen LogP contribution in [-0.2, 0) is 9.59 Å². The van der Waals surface area contributed by atoms with Gasteiger partial charge in [0.25, 0.3) is 0 Å². The third kappa shape index (κ3) is 3.61. The quantitative estimate of drug-likeness (QED) is 0.597. The van der Waals surface area contributed by atoms with Gasteiger partial charge in [-0.2, -0.15) is 0 Å². The number of likely N-dealkylation sites (tertiary alicyclic amines) is 1. The standard InChI is InChI=1S/C13H23N3O4/c1-2-6-13(11(18)19)7-4-9-16(13)12(20)15-8-3-5-10(14)17/h2-9H2,1H3,(H2,14,17)(H,15,20)(H,18,19). The van der Waals surface area contributed by atoms with Crippen LogP contribution in [0.15, 0.2) is 0 Å². The second kappa shape index (κ2) is 7.12. The summed E-state index contributed by atoms with van der Waals surface area (Å²) >= 11 is 0. The molecule has 1 fully saturated rings. The fraction of sp³-hybridized carbons (Fsp3) is 0.769. The lowest BCUT2D eigenvalue weighted by Crippen LogP contribution is -2.56. The van der Waals surface area contributed by atoms with Gasteiger partial charge < -0.3 is 21.1 Å². The Labute approximate surface area is 118 Å². The van der Waals surface area contributed by atoms with E-state index < -0.39 is 17.4 Å². The zero-order chi connectivity index (χ0) is 15.2. The SMILES string of the molecule is CCCC1(C(=O)O)CCCN1C(=O)NCCCC(N)=O. The smallest absolute Gasteiger partial charge is 0.329 e. The van der Waals surface area contributed by atoms with Gasteiger partial charge in [-0.3, -0.25) is 4.79 Å². The molecule has 1 aliphatic heterocycles. The molecule has 1 unspecified atom stereocenters. The number of carboxylic acid groups (broad SMARTS) is 1. The van der Waals surface area contributed by atoms with Gasteiger partial charge >= 0.3 is 12.0 Å². The minimum absolute atomic E-state index is 0.208. The van der Waals surface area contributed by atoms with Crippen LogP contribution in [0.4, 0.5) is 4.79 Å². The minimum atomic E-state index is -1.08. The van der Waals surface area contributed by atoms with Gasteiger partial charge in [0.05, 0.1) is 0 Å². The van der Waals surface area contributed by atoms with E-state index in [2.05, 4.69) is 5.32 Å². The van der Waals surface area contributed by atoms with Crippen molar-refractivity contribution in [1.29, 1.82) is 0 Å². The number of carbonyl (C=O) groups is 3. The summed E-state index contributed by atoms with van der Waals surface area (Å²) in [6, 6.07) is -0.372. The first-order valence-corrected chi connectivity index (χ1v) is 7.01. The third-order valence-electron chi connectivity index (χ3n) is 3.67. The van der Waals surface area contributed by atoms with Crippen LogP contribution in [0.5, 0.6) is 0 Å². The Kier molecular flexibility index (Phi) is 5.79. The highest BCUT2D eigenvalue weighted by atomic mass is 16.4. The summed E-state index contributed by atoms with van der Waals surface area (Å²) < 4.78 is 0. The van der Waals surface area contributed by atoms with Crippen molar-refractivity contribution in [3.8, 4) is 0 Å². The molecule has 1 rings (SSSR count). The van der Waals surface area contributed by atoms with Gasteiger partial charge in [0, 0.05) is 19.5 Å². The highest BCUT2D eigenvalue weighted by Crippen LogP contribution is 2.33. The number of hydrogen-bond acceptors (Lipinski definition) is 3. The van der Waals surface area contributed by atoms with Crippen molar-refractivity contribution >= 4 is 17.9 Å². The number of rotatable bonds is 7. The summed E-state index contributed by atoms with van der Waals surface area (Å²) in [7, 11) is 0. The molecular weight excluding hydrogens is 262 g/mol. The minimum Gasteiger partial charge on any atom is -0.479 e. The molecule has 0 saturated carbocycles. The van der Waals surface area contributed by atoms with E-state index in [1.165, 1.54) is 4.90 Å². The van der Waals surface area contributed by atoms with E-state index in [0.717, 1.165) is 0 Å². The lowest BCUT2D eigenvalue weighted by Gasteiger charge is -2.34. The summed E-state index contributed by atoms with van der Waals surface area (Å²) in [4.78, 5) is 35.7. The zero-order valence-corrected chi connectivity index (χ0v) is 11.9. The topological polar surface area (TPSA) is 113 Å². The van der Waals surface area contributed by atoms with E-state index in [4.69, 9.17) is 5.73 Å². The summed E-state index contributed by atoms with van der Waals surface area (Å²) in [5.41, 5.74) is 3.93. The molecule has 3 amide bonds. The normalized spacial score (nSPS) is 21.8. The number of aliphatic carboxylic acids is 1. The first-order chi connectivity index (χ1) is 9.44. The number of primary amides is 1. The number of amides is 3. The maximum Gasteiger partial charge on any atom is 0.329 e. The lowest BCUT2D eigenvalue weighted by atomic mass is 9.91. The van der Waals surface area contributed by atoms with Gasteiger partial charge in [-0.15, -0.1) is 0 Å². The summed E-state index contributed by atoms with van der Waals surface area (Å²) in [5.74, 6) is -1.35. The van der Waals surface area contributed by atoms with E-state index in [1.54, 1.807) is 0 Å². The fourth-order valence-corrected chi connectivity index (χ4v) is 2.73. The van der Waals surface area contributed by atoms with Crippen LogP contribution in [0.2, 0.25) is 0 Å². The fourth-order valence-electron chi connectivity index (χ4n) is 2.73. The predicted octanol–water partition coefficient (Wildman–Crippen LogP) is 0.681. The molecule has 7 nitrogen and oxygen atoms in total. The highest BCUT2D eigenvalue weighted by Gasteiger charge is 2.49. The molecule has 4 N–H and O–H groups in total. The van der Waals surface area contributed by atoms with E-state index in [1.807, 2.05) is 6.92 Å². The van der Waals surface area contributed by atoms with Gasteiger partial charge in [0.2, 0.25) is 5.91 Å². The highest BCUT2D eigenvalue weighted by molar-refractivity contribution is 5.87. The average molecular weight is 285 g/mol. The van der Waals surface area contributed by atoms with Gasteiger partial charge in [-0.25, -0.2) is 9.59 Å². The molecule has 20 heavy (non-hydrogen) atoms. The van der Waals surface area contributed by atoms with Gasteiger partial charge in [0.1, 0.15) is 5.54 Å². The predicted molar refractivity (Wildman–Crippen MR) is 73.0 cm³/mol. The maximum atomic E-state index is 12.1. The number of nitrogens with zero attached hydrogens (tertiary/aromatic N) is 1. The number of nitrogens with two attached hydrogens (primary N) is 1. The van der Waals surface area contributed by atoms with Crippen molar-refractivity contribution in [3.63, 3.8) is 0 Å². The van der Waals surface area contributed by atoms with Crippen LogP contribution < -0.4 is 11.1 Å². The second-order valence-corrected chi connectivity index (χ2v) is 5.14. The molecule has 1 atom stereocenters. The third-order valence-corrected chi connectivity index (χ3v) is 3.67. The first-order valence-electron chi connectivity index (χ1n) is 7.01. The summed E-state index contributed by atoms with van der Waals surface area (Å²) in [6.45, 7) is 2.68. The summed E-state index contributed by atoms with van der Waals surface area (Å²) in [5, 5.41) is 12.1. The molecule has 0 bridgehead atoms. The maximum absolute atomic E-state index is 12.1. The van der Waals surface area contributed by atoms with Crippen LogP contribution in [0.25, 0.3) is 0 Å². The Balaban J connectivity index is 2.60. The average Bonchev–Trinajstić information content (AvgIpc) is 2.79. The molecule has 0 aromatic rings. The molecule has 0 spiro atoms. The van der Waals surface area contributed by atoms with Crippen LogP contribution >= 0.6 is 0 Å². The number of carboxylic acids is 1. The van der Waals surface area contributed by atoms with E-state index in [9.17, 15) is 19.5 Å². The molecule has 0 aromatic carbocycles. The van der Waals surface area contributed by atoms with Crippen LogP contribution in [-0.4, -0.2) is 46.5 Å². The van der Waals surface area contributed by atoms with Gasteiger partial charge in [-0.05, 0) is 25.7 Å². The van der Waals surface area contributed by atoms with Crippen molar-refractivity contribution in [2.24, 2.45) is 5.73 Å². The molecule has 1 heterocycles. The van der Waals surface area contributed by atoms with Crippen molar-refractivity contribution < 1.29 is 19.5 Å². The number of urea groups is 1. The lowest BCUT2D eigenvalue weighted by molar-refractivity contribution is -0.148. The Hall–Kier alpha value is -1.79. The number of carbonyl (C=O) groups excluding carboxylic acids is 2. The van der Waals surface area contributed by atoms with Crippen molar-refractivity contribution in [3.05, 3.63) is 0 Å². The van der Waals surface area contributed by atoms with Crippen molar-refractivity contribution in [2.45, 2.75) is 51.0 Å². The molecular formula is C13H23N3O4. The Morgan fingerprint density at radius 2 is 2.10 bits per heavy atom. The van der Waals surface area contributed by atoms with Crippen molar-refractivity contribution in [1.82, 2.24) is 10.2 Å². The zero-order valence-electron chi connectivity index (χ0n) is 11.9. The Morgan fingerprint density at radius 3 is 2.65 bits per heavy atom. The monoisotopic (exact) mass is 285 g/mol. The molecule has 7 heteroatoms. The van der Waals surface area contributed by atoms with E-state index >= 15 is 0 Å². The molecule has 0 aliphatic carbocycles. The van der Waals surface area contributed by atoms with Crippen molar-refractivity contribution in [2.75, 3.05) is 13.1 Å². The molecule has 114 valence electrons. The van der Waals surface area contributed by atoms with E-state index in [0.29, 0.717) is 45.2 Å². The van der Waals surface area contributed by atoms with Gasteiger partial charge in [-0.1, -0.05) is 13.3 Å². The van der Waals surface area contributed by atoms with Crippen LogP contribution in [0.1, 0.15) is 45.4 Å². The largest absolute Gasteiger partial charge is 0.479 e. The number of hydrogen-bond donors (Lipinski definition) is 3. The molecule has 0 radical (unpaired) electrons.